The molecule has 0 bridgehead atoms. The fourth-order valence-corrected chi connectivity index (χ4v) is 7.42. The van der Waals surface area contributed by atoms with E-state index in [1.165, 1.54) is 38.4 Å². The van der Waals surface area contributed by atoms with Crippen molar-refractivity contribution in [3.8, 4) is 11.8 Å². The maximum atomic E-state index is 14.1. The van der Waals surface area contributed by atoms with Gasteiger partial charge in [-0.15, -0.1) is 5.92 Å². The average molecular weight is 738 g/mol. The molecule has 1 aromatic heterocycles. The Morgan fingerprint density at radius 1 is 1.14 bits per heavy atom. The van der Waals surface area contributed by atoms with Crippen molar-refractivity contribution in [3.05, 3.63) is 64.6 Å². The third kappa shape index (κ3) is 7.99. The highest BCUT2D eigenvalue weighted by Gasteiger charge is 2.46. The molecule has 2 aliphatic rings. The smallest absolute Gasteiger partial charge is 0.378 e. The van der Waals surface area contributed by atoms with Gasteiger partial charge in [-0.1, -0.05) is 38.3 Å². The lowest BCUT2D eigenvalue weighted by Crippen LogP contribution is -2.68. The maximum absolute atomic E-state index is 14.1. The van der Waals surface area contributed by atoms with Crippen molar-refractivity contribution in [2.45, 2.75) is 56.9 Å². The van der Waals surface area contributed by atoms with Gasteiger partial charge < -0.3 is 24.8 Å². The van der Waals surface area contributed by atoms with Gasteiger partial charge in [-0.25, -0.2) is 12.9 Å². The number of amides is 3. The summed E-state index contributed by atoms with van der Waals surface area (Å²) in [6.07, 6.45) is -4.70. The molecule has 2 unspecified atom stereocenters. The molecule has 10 nitrogen and oxygen atoms in total. The van der Waals surface area contributed by atoms with Crippen LogP contribution in [0.2, 0.25) is 5.02 Å². The number of carbonyl (C=O) groups excluding carboxylic acids is 3. The van der Waals surface area contributed by atoms with E-state index in [9.17, 15) is 36.2 Å². The summed E-state index contributed by atoms with van der Waals surface area (Å²) in [7, 11) is -2.24. The first kappa shape index (κ1) is 37.3. The van der Waals surface area contributed by atoms with Crippen molar-refractivity contribution in [1.82, 2.24) is 24.4 Å². The molecule has 268 valence electrons. The number of morpholine rings is 1. The van der Waals surface area contributed by atoms with Crippen molar-refractivity contribution in [2.24, 2.45) is 5.41 Å². The van der Waals surface area contributed by atoms with Gasteiger partial charge in [-0.05, 0) is 54.8 Å². The number of carbonyl (C=O) groups is 3. The minimum atomic E-state index is -4.70. The molecule has 3 atom stereocenters. The molecule has 0 saturated carbocycles. The van der Waals surface area contributed by atoms with E-state index in [1.54, 1.807) is 27.7 Å². The number of fused-ring (bicyclic) bond motifs is 1. The van der Waals surface area contributed by atoms with Crippen LogP contribution in [0.1, 0.15) is 43.7 Å². The summed E-state index contributed by atoms with van der Waals surface area (Å²) in [6.45, 7) is 7.09. The zero-order valence-corrected chi connectivity index (χ0v) is 29.3. The van der Waals surface area contributed by atoms with E-state index in [0.29, 0.717) is 17.0 Å². The van der Waals surface area contributed by atoms with Gasteiger partial charge in [0.1, 0.15) is 34.6 Å². The van der Waals surface area contributed by atoms with Crippen LogP contribution in [0.15, 0.2) is 47.4 Å². The number of aromatic nitrogens is 1. The normalized spacial score (nSPS) is 18.5. The first-order chi connectivity index (χ1) is 23.5. The van der Waals surface area contributed by atoms with E-state index in [4.69, 9.17) is 16.3 Å². The molecule has 2 N–H and O–H groups in total. The van der Waals surface area contributed by atoms with E-state index in [0.717, 1.165) is 12.1 Å². The number of hydrogen-bond acceptors (Lipinski definition) is 5. The number of aromatic amines is 1. The van der Waals surface area contributed by atoms with Crippen LogP contribution in [0.4, 0.5) is 17.6 Å². The average Bonchev–Trinajstić information content (AvgIpc) is 3.46. The SMILES string of the molecule is CC#CCN(C(=O)C1COCCN1S(=O)c1cc(C(F)(F)F)ccc1Cl)C1CN(C(=O)[C@@H](NC(=O)c2cc3cc(F)ccc3[nH]2)C(C)(C)C)C1. The third-order valence-corrected chi connectivity index (χ3v) is 10.6. The standard InChI is InChI=1S/C34H36ClF4N5O5S/c1-5-6-11-43(31(46)27-19-49-13-12-44(27)50(48)28-16-21(34(37,38)39)7-9-24(28)35)23-17-42(18-23)32(47)29(33(2,3)4)41-30(45)26-15-20-14-22(36)8-10-25(20)40-26/h7-10,14-16,23,27,29,40H,11-13,17-19H2,1-4H3,(H,41,45)/t27?,29-,50?/m1/s1. The lowest BCUT2D eigenvalue weighted by molar-refractivity contribution is -0.152. The van der Waals surface area contributed by atoms with E-state index < -0.39 is 63.9 Å². The van der Waals surface area contributed by atoms with Crippen LogP contribution in [0.25, 0.3) is 10.9 Å². The van der Waals surface area contributed by atoms with Gasteiger partial charge in [0.25, 0.3) is 5.91 Å². The topological polar surface area (TPSA) is 115 Å². The lowest BCUT2D eigenvalue weighted by atomic mass is 9.84. The minimum absolute atomic E-state index is 0.0174. The van der Waals surface area contributed by atoms with Crippen LogP contribution in [0.3, 0.4) is 0 Å². The van der Waals surface area contributed by atoms with Crippen LogP contribution in [-0.2, 0) is 31.5 Å². The first-order valence-electron chi connectivity index (χ1n) is 15.7. The second-order valence-electron chi connectivity index (χ2n) is 13.1. The summed E-state index contributed by atoms with van der Waals surface area (Å²) in [5.74, 6) is 3.72. The Kier molecular flexibility index (Phi) is 11.0. The molecule has 3 aromatic rings. The van der Waals surface area contributed by atoms with Crippen LogP contribution >= 0.6 is 11.6 Å². The summed E-state index contributed by atoms with van der Waals surface area (Å²) in [5, 5.41) is 3.16. The minimum Gasteiger partial charge on any atom is -0.378 e. The number of H-pyrrole nitrogens is 1. The molecule has 2 aromatic carbocycles. The molecule has 5 rings (SSSR count). The quantitative estimate of drug-likeness (QED) is 0.259. The molecule has 2 saturated heterocycles. The van der Waals surface area contributed by atoms with E-state index in [-0.39, 0.29) is 60.9 Å². The molecular formula is C34H36ClF4N5O5S. The Bertz CT molecular complexity index is 1880. The zero-order chi connectivity index (χ0) is 36.5. The van der Waals surface area contributed by atoms with Gasteiger partial charge in [0.2, 0.25) is 11.8 Å². The summed E-state index contributed by atoms with van der Waals surface area (Å²) in [5.41, 5.74) is -1.02. The van der Waals surface area contributed by atoms with Crippen LogP contribution in [0, 0.1) is 23.1 Å². The van der Waals surface area contributed by atoms with E-state index in [1.807, 2.05) is 0 Å². The summed E-state index contributed by atoms with van der Waals surface area (Å²) in [4.78, 5) is 46.7. The monoisotopic (exact) mass is 737 g/mol. The Labute approximate surface area is 294 Å². The van der Waals surface area contributed by atoms with Gasteiger partial charge in [-0.3, -0.25) is 14.4 Å². The van der Waals surface area contributed by atoms with Crippen molar-refractivity contribution >= 4 is 51.2 Å². The molecule has 2 aliphatic heterocycles. The van der Waals surface area contributed by atoms with Gasteiger partial charge in [0.15, 0.2) is 0 Å². The Hall–Kier alpha value is -3.97. The maximum Gasteiger partial charge on any atom is 0.416 e. The molecule has 0 spiro atoms. The van der Waals surface area contributed by atoms with Crippen LogP contribution < -0.4 is 5.32 Å². The highest BCUT2D eigenvalue weighted by Crippen LogP contribution is 2.34. The lowest BCUT2D eigenvalue weighted by Gasteiger charge is -2.48. The predicted molar refractivity (Wildman–Crippen MR) is 179 cm³/mol. The number of likely N-dealkylation sites (tertiary alicyclic amines) is 1. The number of nitrogens with one attached hydrogen (secondary N) is 2. The summed E-state index contributed by atoms with van der Waals surface area (Å²) < 4.78 is 74.6. The van der Waals surface area contributed by atoms with Crippen molar-refractivity contribution in [3.63, 3.8) is 0 Å². The van der Waals surface area contributed by atoms with Crippen LogP contribution in [0.5, 0.6) is 0 Å². The number of ether oxygens (including phenoxy) is 1. The number of benzene rings is 2. The Morgan fingerprint density at radius 2 is 1.86 bits per heavy atom. The van der Waals surface area contributed by atoms with E-state index >= 15 is 0 Å². The second-order valence-corrected chi connectivity index (χ2v) is 14.9. The molecule has 0 aliphatic carbocycles. The highest BCUT2D eigenvalue weighted by molar-refractivity contribution is 7.82. The second kappa shape index (κ2) is 14.7. The number of hydrogen-bond donors (Lipinski definition) is 2. The van der Waals surface area contributed by atoms with Gasteiger partial charge in [0.05, 0.1) is 41.3 Å². The Balaban J connectivity index is 1.31. The fourth-order valence-electron chi connectivity index (χ4n) is 5.76. The molecule has 2 fully saturated rings. The van der Waals surface area contributed by atoms with Crippen molar-refractivity contribution in [1.29, 1.82) is 0 Å². The number of halogens is 5. The van der Waals surface area contributed by atoms with Gasteiger partial charge >= 0.3 is 6.18 Å². The first-order valence-corrected chi connectivity index (χ1v) is 17.2. The number of nitrogens with zero attached hydrogens (tertiary/aromatic N) is 3. The largest absolute Gasteiger partial charge is 0.416 e. The predicted octanol–water partition coefficient (Wildman–Crippen LogP) is 4.61. The number of rotatable bonds is 8. The fraction of sp³-hybridized carbons (Fsp3) is 0.441. The molecule has 3 amide bonds. The van der Waals surface area contributed by atoms with Crippen LogP contribution in [-0.4, -0.2) is 98.5 Å². The molecule has 50 heavy (non-hydrogen) atoms. The van der Waals surface area contributed by atoms with E-state index in [2.05, 4.69) is 22.1 Å². The van der Waals surface area contributed by atoms with Crippen molar-refractivity contribution in [2.75, 3.05) is 39.4 Å². The van der Waals surface area contributed by atoms with Gasteiger partial charge in [0, 0.05) is 30.5 Å². The molecule has 3 heterocycles. The third-order valence-electron chi connectivity index (χ3n) is 8.56. The van der Waals surface area contributed by atoms with Crippen molar-refractivity contribution < 1.29 is 40.9 Å². The molecular weight excluding hydrogens is 702 g/mol. The van der Waals surface area contributed by atoms with Gasteiger partial charge in [-0.2, -0.15) is 13.2 Å². The summed E-state index contributed by atoms with van der Waals surface area (Å²) >= 11 is 6.18. The highest BCUT2D eigenvalue weighted by atomic mass is 35.5. The molecule has 0 radical (unpaired) electrons. The number of alkyl halides is 3. The zero-order valence-electron chi connectivity index (χ0n) is 27.7. The molecule has 16 heteroatoms. The Morgan fingerprint density at radius 3 is 2.52 bits per heavy atom. The summed E-state index contributed by atoms with van der Waals surface area (Å²) in [6, 6.07) is 5.52.